The number of nitrogens with zero attached hydrogens (tertiary/aromatic N) is 3. The largest absolute Gasteiger partial charge is 0.311 e. The maximum Gasteiger partial charge on any atom is 0.261 e. The molecule has 124 valence electrons. The van der Waals surface area contributed by atoms with Gasteiger partial charge >= 0.3 is 0 Å². The molecule has 2 heterocycles. The van der Waals surface area contributed by atoms with E-state index in [1.165, 1.54) is 0 Å². The Hall–Kier alpha value is -3.21. The van der Waals surface area contributed by atoms with Crippen molar-refractivity contribution in [1.29, 1.82) is 0 Å². The van der Waals surface area contributed by atoms with Crippen LogP contribution in [0, 0.1) is 0 Å². The molecule has 1 aliphatic rings. The molecule has 25 heavy (non-hydrogen) atoms. The second-order valence-corrected chi connectivity index (χ2v) is 5.98. The average molecular weight is 331 g/mol. The highest BCUT2D eigenvalue weighted by molar-refractivity contribution is 6.35. The van der Waals surface area contributed by atoms with Crippen LogP contribution in [0.5, 0.6) is 0 Å². The number of likely N-dealkylation sites (N-methyl/N-ethyl adjacent to an activating group) is 1. The van der Waals surface area contributed by atoms with Gasteiger partial charge in [0.2, 0.25) is 0 Å². The van der Waals surface area contributed by atoms with Crippen molar-refractivity contribution in [1.82, 2.24) is 9.55 Å². The van der Waals surface area contributed by atoms with E-state index in [4.69, 9.17) is 0 Å². The Kier molecular flexibility index (Phi) is 3.50. The molecule has 0 unspecified atom stereocenters. The molecule has 0 N–H and O–H groups in total. The van der Waals surface area contributed by atoms with E-state index in [0.717, 1.165) is 11.3 Å². The number of carbonyl (C=O) groups excluding carboxylic acids is 1. The Bertz CT molecular complexity index is 1100. The van der Waals surface area contributed by atoms with Gasteiger partial charge in [0.25, 0.3) is 11.5 Å². The molecule has 0 saturated heterocycles. The maximum atomic E-state index is 12.7. The molecule has 0 bridgehead atoms. The minimum absolute atomic E-state index is 0.0907. The number of carbonyl (C=O) groups is 1. The summed E-state index contributed by atoms with van der Waals surface area (Å²) >= 11 is 0. The lowest BCUT2D eigenvalue weighted by Gasteiger charge is -2.10. The highest BCUT2D eigenvalue weighted by atomic mass is 16.2. The number of benzene rings is 2. The maximum absolute atomic E-state index is 12.7. The van der Waals surface area contributed by atoms with E-state index in [2.05, 4.69) is 4.98 Å². The number of amides is 1. The first-order valence-corrected chi connectivity index (χ1v) is 8.20. The molecule has 0 radical (unpaired) electrons. The summed E-state index contributed by atoms with van der Waals surface area (Å²) in [4.78, 5) is 31.6. The van der Waals surface area contributed by atoms with Crippen LogP contribution in [0.2, 0.25) is 0 Å². The summed E-state index contributed by atoms with van der Waals surface area (Å²) in [5, 5.41) is 0.585. The lowest BCUT2D eigenvalue weighted by molar-refractivity contribution is -0.112. The SMILES string of the molecule is CCn1c(C=C2C(=O)N(C)c3ccccc32)nc2ccccc2c1=O. The molecule has 1 aromatic heterocycles. The number of hydrogen-bond acceptors (Lipinski definition) is 3. The minimum Gasteiger partial charge on any atom is -0.311 e. The van der Waals surface area contributed by atoms with Crippen LogP contribution in [0.25, 0.3) is 22.6 Å². The van der Waals surface area contributed by atoms with Crippen LogP contribution in [0.3, 0.4) is 0 Å². The summed E-state index contributed by atoms with van der Waals surface area (Å²) in [6, 6.07) is 14.9. The summed E-state index contributed by atoms with van der Waals surface area (Å²) in [7, 11) is 1.75. The third kappa shape index (κ3) is 2.28. The fourth-order valence-electron chi connectivity index (χ4n) is 3.27. The molecule has 0 atom stereocenters. The van der Waals surface area contributed by atoms with Crippen molar-refractivity contribution in [3.63, 3.8) is 0 Å². The zero-order chi connectivity index (χ0) is 17.6. The fraction of sp³-hybridized carbons (Fsp3) is 0.150. The van der Waals surface area contributed by atoms with Crippen molar-refractivity contribution in [3.05, 3.63) is 70.3 Å². The van der Waals surface area contributed by atoms with E-state index in [1.807, 2.05) is 49.4 Å². The van der Waals surface area contributed by atoms with Gasteiger partial charge in [-0.15, -0.1) is 0 Å². The Labute approximate surface area is 144 Å². The highest BCUT2D eigenvalue weighted by Crippen LogP contribution is 2.36. The van der Waals surface area contributed by atoms with Gasteiger partial charge in [0.15, 0.2) is 0 Å². The predicted molar refractivity (Wildman–Crippen MR) is 99.4 cm³/mol. The van der Waals surface area contributed by atoms with Crippen LogP contribution in [-0.4, -0.2) is 22.5 Å². The zero-order valence-electron chi connectivity index (χ0n) is 14.1. The molecular weight excluding hydrogens is 314 g/mol. The van der Waals surface area contributed by atoms with Crippen LogP contribution < -0.4 is 10.5 Å². The average Bonchev–Trinajstić information content (AvgIpc) is 2.87. The van der Waals surface area contributed by atoms with E-state index in [0.29, 0.717) is 28.8 Å². The number of aromatic nitrogens is 2. The lowest BCUT2D eigenvalue weighted by atomic mass is 10.1. The van der Waals surface area contributed by atoms with Gasteiger partial charge < -0.3 is 4.90 Å². The van der Waals surface area contributed by atoms with Gasteiger partial charge in [-0.05, 0) is 31.2 Å². The van der Waals surface area contributed by atoms with Crippen molar-refractivity contribution in [2.24, 2.45) is 0 Å². The molecule has 1 amide bonds. The van der Waals surface area contributed by atoms with Gasteiger partial charge in [-0.1, -0.05) is 30.3 Å². The molecular formula is C20H17N3O2. The topological polar surface area (TPSA) is 55.2 Å². The predicted octanol–water partition coefficient (Wildman–Crippen LogP) is 2.93. The molecule has 2 aromatic carbocycles. The molecule has 5 nitrogen and oxygen atoms in total. The van der Waals surface area contributed by atoms with E-state index in [1.54, 1.807) is 28.7 Å². The molecule has 0 aliphatic carbocycles. The number of rotatable bonds is 2. The normalized spacial score (nSPS) is 15.2. The summed E-state index contributed by atoms with van der Waals surface area (Å²) in [6.45, 7) is 2.39. The summed E-state index contributed by atoms with van der Waals surface area (Å²) < 4.78 is 1.60. The van der Waals surface area contributed by atoms with Gasteiger partial charge in [0, 0.05) is 19.2 Å². The smallest absolute Gasteiger partial charge is 0.261 e. The van der Waals surface area contributed by atoms with Crippen LogP contribution in [-0.2, 0) is 11.3 Å². The first kappa shape index (κ1) is 15.3. The monoisotopic (exact) mass is 331 g/mol. The van der Waals surface area contributed by atoms with Crippen LogP contribution in [0.15, 0.2) is 53.3 Å². The van der Waals surface area contributed by atoms with E-state index in [-0.39, 0.29) is 11.5 Å². The standard InChI is InChI=1S/C20H17N3O2/c1-3-23-18(21-16-10-6-4-9-14(16)20(23)25)12-15-13-8-5-7-11-17(13)22(2)19(15)24/h4-12H,3H2,1-2H3. The molecule has 4 rings (SSSR count). The van der Waals surface area contributed by atoms with Crippen molar-refractivity contribution >= 4 is 34.1 Å². The van der Waals surface area contributed by atoms with Gasteiger partial charge in [0.1, 0.15) is 5.82 Å². The Balaban J connectivity index is 1.99. The van der Waals surface area contributed by atoms with Crippen molar-refractivity contribution in [2.45, 2.75) is 13.5 Å². The first-order chi connectivity index (χ1) is 12.1. The van der Waals surface area contributed by atoms with Gasteiger partial charge in [-0.2, -0.15) is 0 Å². The first-order valence-electron chi connectivity index (χ1n) is 8.20. The van der Waals surface area contributed by atoms with Crippen LogP contribution in [0.1, 0.15) is 18.3 Å². The number of hydrogen-bond donors (Lipinski definition) is 0. The molecule has 1 aliphatic heterocycles. The molecule has 0 fully saturated rings. The molecule has 0 spiro atoms. The Morgan fingerprint density at radius 2 is 1.76 bits per heavy atom. The van der Waals surface area contributed by atoms with Gasteiger partial charge in [-0.25, -0.2) is 4.98 Å². The van der Waals surface area contributed by atoms with E-state index >= 15 is 0 Å². The fourth-order valence-corrected chi connectivity index (χ4v) is 3.27. The molecule has 0 saturated carbocycles. The number of para-hydroxylation sites is 2. The van der Waals surface area contributed by atoms with Gasteiger partial charge in [-0.3, -0.25) is 14.2 Å². The van der Waals surface area contributed by atoms with E-state index in [9.17, 15) is 9.59 Å². The quantitative estimate of drug-likeness (QED) is 0.679. The number of anilines is 1. The van der Waals surface area contributed by atoms with E-state index < -0.39 is 0 Å². The molecule has 3 aromatic rings. The summed E-state index contributed by atoms with van der Waals surface area (Å²) in [5.41, 5.74) is 2.83. The Morgan fingerprint density at radius 1 is 1.04 bits per heavy atom. The van der Waals surface area contributed by atoms with Crippen molar-refractivity contribution in [2.75, 3.05) is 11.9 Å². The van der Waals surface area contributed by atoms with Crippen LogP contribution in [0.4, 0.5) is 5.69 Å². The second kappa shape index (κ2) is 5.70. The number of fused-ring (bicyclic) bond motifs is 2. The third-order valence-corrected chi connectivity index (χ3v) is 4.57. The lowest BCUT2D eigenvalue weighted by Crippen LogP contribution is -2.24. The van der Waals surface area contributed by atoms with Crippen molar-refractivity contribution < 1.29 is 4.79 Å². The molecule has 5 heteroatoms. The summed E-state index contributed by atoms with van der Waals surface area (Å²) in [6.07, 6.45) is 1.72. The highest BCUT2D eigenvalue weighted by Gasteiger charge is 2.29. The van der Waals surface area contributed by atoms with Crippen LogP contribution >= 0.6 is 0 Å². The third-order valence-electron chi connectivity index (χ3n) is 4.57. The Morgan fingerprint density at radius 3 is 2.56 bits per heavy atom. The van der Waals surface area contributed by atoms with Crippen molar-refractivity contribution in [3.8, 4) is 0 Å². The zero-order valence-corrected chi connectivity index (χ0v) is 14.1. The van der Waals surface area contributed by atoms with Gasteiger partial charge in [0.05, 0.1) is 22.2 Å². The second-order valence-electron chi connectivity index (χ2n) is 5.98. The summed E-state index contributed by atoms with van der Waals surface area (Å²) in [5.74, 6) is 0.408. The minimum atomic E-state index is -0.0914.